The Bertz CT molecular complexity index is 590. The molecule has 1 unspecified atom stereocenters. The number of hydrogen-bond acceptors (Lipinski definition) is 4. The molecule has 1 amide bonds. The third-order valence-electron chi connectivity index (χ3n) is 3.54. The van der Waals surface area contributed by atoms with Crippen molar-refractivity contribution < 1.29 is 24.2 Å². The van der Waals surface area contributed by atoms with E-state index in [1.54, 1.807) is 12.1 Å². The van der Waals surface area contributed by atoms with E-state index in [2.05, 4.69) is 21.2 Å². The van der Waals surface area contributed by atoms with Crippen LogP contribution in [0.3, 0.4) is 0 Å². The molecular weight excluding hydrogens is 366 g/mol. The number of nitrogens with one attached hydrogen (secondary N) is 1. The maximum atomic E-state index is 12.1. The minimum Gasteiger partial charge on any atom is -0.486 e. The molecule has 1 atom stereocenters. The fourth-order valence-corrected chi connectivity index (χ4v) is 2.79. The zero-order chi connectivity index (χ0) is 16.8. The molecule has 1 heterocycles. The molecule has 0 radical (unpaired) electrons. The van der Waals surface area contributed by atoms with Crippen molar-refractivity contribution in [2.75, 3.05) is 13.2 Å². The van der Waals surface area contributed by atoms with E-state index in [9.17, 15) is 9.59 Å². The largest absolute Gasteiger partial charge is 0.486 e. The molecule has 1 aromatic carbocycles. The second-order valence-corrected chi connectivity index (χ2v) is 6.22. The van der Waals surface area contributed by atoms with Crippen molar-refractivity contribution in [3.05, 3.63) is 22.2 Å². The number of ether oxygens (including phenoxy) is 2. The van der Waals surface area contributed by atoms with Crippen molar-refractivity contribution >= 4 is 27.8 Å². The number of carbonyl (C=O) groups excluding carboxylic acids is 1. The molecule has 0 aliphatic carbocycles. The van der Waals surface area contributed by atoms with Gasteiger partial charge in [-0.3, -0.25) is 4.79 Å². The van der Waals surface area contributed by atoms with Crippen molar-refractivity contribution in [3.63, 3.8) is 0 Å². The second kappa shape index (κ2) is 8.19. The number of aliphatic carboxylic acids is 1. The van der Waals surface area contributed by atoms with Gasteiger partial charge < -0.3 is 19.9 Å². The number of halogens is 1. The molecule has 1 aromatic rings. The van der Waals surface area contributed by atoms with Gasteiger partial charge in [0.1, 0.15) is 19.3 Å². The Hall–Kier alpha value is -1.76. The van der Waals surface area contributed by atoms with Gasteiger partial charge in [0, 0.05) is 4.47 Å². The number of carboxylic acids is 1. The normalized spacial score (nSPS) is 14.2. The number of hydrogen-bond donors (Lipinski definition) is 2. The second-order valence-electron chi connectivity index (χ2n) is 5.36. The van der Waals surface area contributed by atoms with Crippen molar-refractivity contribution in [1.29, 1.82) is 0 Å². The topological polar surface area (TPSA) is 84.9 Å². The third kappa shape index (κ3) is 4.86. The highest BCUT2D eigenvalue weighted by Crippen LogP contribution is 2.35. The van der Waals surface area contributed by atoms with E-state index in [4.69, 9.17) is 14.6 Å². The minimum atomic E-state index is -1.01. The van der Waals surface area contributed by atoms with E-state index >= 15 is 0 Å². The lowest BCUT2D eigenvalue weighted by molar-refractivity contribution is -0.142. The Morgan fingerprint density at radius 1 is 1.30 bits per heavy atom. The lowest BCUT2D eigenvalue weighted by Crippen LogP contribution is -2.41. The van der Waals surface area contributed by atoms with Gasteiger partial charge in [-0.15, -0.1) is 0 Å². The summed E-state index contributed by atoms with van der Waals surface area (Å²) in [5.41, 5.74) is 0.728. The molecule has 0 saturated heterocycles. The van der Waals surface area contributed by atoms with Crippen LogP contribution in [0.15, 0.2) is 16.6 Å². The summed E-state index contributed by atoms with van der Waals surface area (Å²) in [4.78, 5) is 23.3. The maximum Gasteiger partial charge on any atom is 0.326 e. The molecule has 7 heteroatoms. The van der Waals surface area contributed by atoms with Crippen molar-refractivity contribution in [1.82, 2.24) is 5.32 Å². The fourth-order valence-electron chi connectivity index (χ4n) is 2.33. The van der Waals surface area contributed by atoms with Gasteiger partial charge in [0.25, 0.3) is 0 Å². The molecule has 0 aromatic heterocycles. The van der Waals surface area contributed by atoms with Crippen LogP contribution in [-0.2, 0) is 16.0 Å². The summed E-state index contributed by atoms with van der Waals surface area (Å²) in [5, 5.41) is 11.7. The summed E-state index contributed by atoms with van der Waals surface area (Å²) in [6, 6.07) is 2.67. The predicted octanol–water partition coefficient (Wildman–Crippen LogP) is 2.52. The van der Waals surface area contributed by atoms with Crippen molar-refractivity contribution in [2.24, 2.45) is 0 Å². The van der Waals surface area contributed by atoms with E-state index in [1.165, 1.54) is 0 Å². The highest BCUT2D eigenvalue weighted by atomic mass is 79.9. The number of carbonyl (C=O) groups is 2. The van der Waals surface area contributed by atoms with Crippen LogP contribution >= 0.6 is 15.9 Å². The van der Waals surface area contributed by atoms with Gasteiger partial charge in [0.15, 0.2) is 11.5 Å². The van der Waals surface area contributed by atoms with Crippen molar-refractivity contribution in [3.8, 4) is 11.5 Å². The molecule has 0 saturated carbocycles. The molecule has 0 fully saturated rings. The van der Waals surface area contributed by atoms with E-state index < -0.39 is 12.0 Å². The number of rotatable bonds is 7. The number of amides is 1. The summed E-state index contributed by atoms with van der Waals surface area (Å²) in [6.07, 6.45) is 2.14. The molecule has 0 bridgehead atoms. The van der Waals surface area contributed by atoms with Crippen LogP contribution < -0.4 is 14.8 Å². The van der Waals surface area contributed by atoms with Gasteiger partial charge in [-0.25, -0.2) is 4.79 Å². The first-order valence-corrected chi connectivity index (χ1v) is 8.40. The summed E-state index contributed by atoms with van der Waals surface area (Å²) >= 11 is 3.41. The Kier molecular flexibility index (Phi) is 6.27. The van der Waals surface area contributed by atoms with Crippen LogP contribution in [0.1, 0.15) is 31.7 Å². The average molecular weight is 386 g/mol. The number of carboxylic acid groups (broad SMARTS) is 1. The molecule has 2 N–H and O–H groups in total. The summed E-state index contributed by atoms with van der Waals surface area (Å²) in [5.74, 6) is -0.0967. The van der Waals surface area contributed by atoms with Gasteiger partial charge in [-0.2, -0.15) is 0 Å². The van der Waals surface area contributed by atoms with Gasteiger partial charge >= 0.3 is 5.97 Å². The van der Waals surface area contributed by atoms with Gasteiger partial charge in [0.2, 0.25) is 5.91 Å². The highest BCUT2D eigenvalue weighted by molar-refractivity contribution is 9.10. The zero-order valence-corrected chi connectivity index (χ0v) is 14.5. The highest BCUT2D eigenvalue weighted by Gasteiger charge is 2.21. The smallest absolute Gasteiger partial charge is 0.326 e. The van der Waals surface area contributed by atoms with Crippen LogP contribution in [0.2, 0.25) is 0 Å². The first kappa shape index (κ1) is 17.6. The molecule has 23 heavy (non-hydrogen) atoms. The minimum absolute atomic E-state index is 0.0765. The molecular formula is C16H20BrNO5. The number of unbranched alkanes of at least 4 members (excludes halogenated alkanes) is 1. The fraction of sp³-hybridized carbons (Fsp3) is 0.500. The quantitative estimate of drug-likeness (QED) is 0.752. The van der Waals surface area contributed by atoms with Crippen LogP contribution in [0.5, 0.6) is 11.5 Å². The van der Waals surface area contributed by atoms with Crippen LogP contribution in [0, 0.1) is 0 Å². The number of fused-ring (bicyclic) bond motifs is 1. The Morgan fingerprint density at radius 2 is 1.96 bits per heavy atom. The van der Waals surface area contributed by atoms with Gasteiger partial charge in [0.05, 0.1) is 6.42 Å². The first-order chi connectivity index (χ1) is 11.0. The Balaban J connectivity index is 2.03. The maximum absolute atomic E-state index is 12.1. The van der Waals surface area contributed by atoms with E-state index in [0.717, 1.165) is 22.9 Å². The van der Waals surface area contributed by atoms with Crippen LogP contribution in [0.25, 0.3) is 0 Å². The van der Waals surface area contributed by atoms with Gasteiger partial charge in [-0.1, -0.05) is 35.7 Å². The number of benzene rings is 1. The van der Waals surface area contributed by atoms with E-state index in [-0.39, 0.29) is 12.3 Å². The third-order valence-corrected chi connectivity index (χ3v) is 4.28. The molecule has 2 rings (SSSR count). The van der Waals surface area contributed by atoms with Crippen LogP contribution in [0.4, 0.5) is 0 Å². The summed E-state index contributed by atoms with van der Waals surface area (Å²) in [6.45, 7) is 2.95. The summed E-state index contributed by atoms with van der Waals surface area (Å²) in [7, 11) is 0. The van der Waals surface area contributed by atoms with Crippen molar-refractivity contribution in [2.45, 2.75) is 38.6 Å². The van der Waals surface area contributed by atoms with E-state index in [1.807, 2.05) is 6.92 Å². The Labute approximate surface area is 143 Å². The monoisotopic (exact) mass is 385 g/mol. The van der Waals surface area contributed by atoms with Crippen LogP contribution in [-0.4, -0.2) is 36.2 Å². The molecule has 126 valence electrons. The average Bonchev–Trinajstić information content (AvgIpc) is 2.51. The van der Waals surface area contributed by atoms with Gasteiger partial charge in [-0.05, 0) is 24.1 Å². The first-order valence-electron chi connectivity index (χ1n) is 7.61. The summed E-state index contributed by atoms with van der Waals surface area (Å²) < 4.78 is 11.7. The zero-order valence-electron chi connectivity index (χ0n) is 12.9. The lowest BCUT2D eigenvalue weighted by Gasteiger charge is -2.20. The molecule has 6 nitrogen and oxygen atoms in total. The predicted molar refractivity (Wildman–Crippen MR) is 87.9 cm³/mol. The molecule has 1 aliphatic rings. The van der Waals surface area contributed by atoms with E-state index in [0.29, 0.717) is 31.1 Å². The standard InChI is InChI=1S/C16H20BrNO5/c1-2-3-4-12(16(20)21)18-15(19)8-10-7-13-14(9-11(10)17)23-6-5-22-13/h7,9,12H,2-6,8H2,1H3,(H,18,19)(H,20,21). The molecule has 1 aliphatic heterocycles. The Morgan fingerprint density at radius 3 is 2.57 bits per heavy atom. The molecule has 0 spiro atoms. The lowest BCUT2D eigenvalue weighted by atomic mass is 10.1. The SMILES string of the molecule is CCCCC(NC(=O)Cc1cc2c(cc1Br)OCCO2)C(=O)O.